The lowest BCUT2D eigenvalue weighted by Gasteiger charge is -2.13. The molecule has 1 aromatic heterocycles. The zero-order chi connectivity index (χ0) is 17.0. The van der Waals surface area contributed by atoms with Crippen molar-refractivity contribution in [2.75, 3.05) is 13.6 Å². The number of likely N-dealkylation sites (N-methyl/N-ethyl adjacent to an activating group) is 1. The molecule has 0 spiro atoms. The standard InChI is InChI=1S/C17H22BrN3OS/c1-11(2)19-15(22)9-21(4)10-16-20-17(12(3)23-16)13-5-7-14(18)8-6-13/h5-8,11H,9-10H2,1-4H3,(H,19,22)/p+1. The number of carbonyl (C=O) groups excluding carboxylic acids is 1. The highest BCUT2D eigenvalue weighted by atomic mass is 79.9. The van der Waals surface area contributed by atoms with Gasteiger partial charge in [-0.05, 0) is 32.9 Å². The third-order valence-electron chi connectivity index (χ3n) is 3.32. The van der Waals surface area contributed by atoms with E-state index in [4.69, 9.17) is 4.98 Å². The molecule has 0 saturated carbocycles. The fourth-order valence-corrected chi connectivity index (χ4v) is 3.70. The van der Waals surface area contributed by atoms with Crippen molar-refractivity contribution in [2.45, 2.75) is 33.4 Å². The number of aryl methyl sites for hydroxylation is 1. The molecule has 0 aliphatic carbocycles. The third kappa shape index (κ3) is 5.41. The molecule has 1 heterocycles. The van der Waals surface area contributed by atoms with Gasteiger partial charge in [0.2, 0.25) is 0 Å². The second-order valence-electron chi connectivity index (χ2n) is 6.05. The van der Waals surface area contributed by atoms with E-state index in [0.29, 0.717) is 6.54 Å². The van der Waals surface area contributed by atoms with Crippen LogP contribution in [0.1, 0.15) is 23.7 Å². The number of nitrogens with zero attached hydrogens (tertiary/aromatic N) is 1. The number of nitrogens with one attached hydrogen (secondary N) is 2. The Morgan fingerprint density at radius 3 is 2.61 bits per heavy atom. The smallest absolute Gasteiger partial charge is 0.275 e. The van der Waals surface area contributed by atoms with E-state index >= 15 is 0 Å². The van der Waals surface area contributed by atoms with Crippen LogP contribution >= 0.6 is 27.3 Å². The summed E-state index contributed by atoms with van der Waals surface area (Å²) in [5, 5.41) is 3.99. The first-order valence-electron chi connectivity index (χ1n) is 7.68. The molecular formula is C17H23BrN3OS+. The molecule has 0 saturated heterocycles. The van der Waals surface area contributed by atoms with Gasteiger partial charge < -0.3 is 10.2 Å². The summed E-state index contributed by atoms with van der Waals surface area (Å²) in [7, 11) is 2.02. The molecule has 23 heavy (non-hydrogen) atoms. The number of aromatic nitrogens is 1. The van der Waals surface area contributed by atoms with Crippen LogP contribution in [0.4, 0.5) is 0 Å². The van der Waals surface area contributed by atoms with E-state index in [1.165, 1.54) is 4.88 Å². The normalized spacial score (nSPS) is 12.4. The molecule has 0 fully saturated rings. The van der Waals surface area contributed by atoms with Crippen LogP contribution in [0, 0.1) is 6.92 Å². The van der Waals surface area contributed by atoms with Crippen LogP contribution in [0.15, 0.2) is 28.7 Å². The van der Waals surface area contributed by atoms with E-state index < -0.39 is 0 Å². The second kappa shape index (κ2) is 8.04. The largest absolute Gasteiger partial charge is 0.349 e. The van der Waals surface area contributed by atoms with Gasteiger partial charge in [0.15, 0.2) is 6.54 Å². The van der Waals surface area contributed by atoms with Gasteiger partial charge in [0.05, 0.1) is 12.7 Å². The van der Waals surface area contributed by atoms with Gasteiger partial charge in [-0.25, -0.2) is 4.98 Å². The topological polar surface area (TPSA) is 46.4 Å². The predicted molar refractivity (Wildman–Crippen MR) is 98.7 cm³/mol. The van der Waals surface area contributed by atoms with Crippen molar-refractivity contribution in [3.05, 3.63) is 38.6 Å². The number of hydrogen-bond donors (Lipinski definition) is 2. The van der Waals surface area contributed by atoms with Gasteiger partial charge >= 0.3 is 0 Å². The van der Waals surface area contributed by atoms with E-state index in [1.807, 2.05) is 33.0 Å². The Morgan fingerprint density at radius 2 is 2.00 bits per heavy atom. The summed E-state index contributed by atoms with van der Waals surface area (Å²) >= 11 is 5.16. The van der Waals surface area contributed by atoms with E-state index in [-0.39, 0.29) is 11.9 Å². The number of carbonyl (C=O) groups is 1. The molecule has 124 valence electrons. The van der Waals surface area contributed by atoms with Crippen molar-refractivity contribution < 1.29 is 9.69 Å². The maximum Gasteiger partial charge on any atom is 0.275 e. The third-order valence-corrected chi connectivity index (χ3v) is 4.82. The van der Waals surface area contributed by atoms with Crippen molar-refractivity contribution in [1.82, 2.24) is 10.3 Å². The van der Waals surface area contributed by atoms with Crippen LogP contribution < -0.4 is 10.2 Å². The monoisotopic (exact) mass is 396 g/mol. The molecule has 0 aliphatic heterocycles. The Kier molecular flexibility index (Phi) is 6.33. The molecule has 2 rings (SSSR count). The first kappa shape index (κ1) is 18.1. The van der Waals surface area contributed by atoms with Crippen molar-refractivity contribution in [3.63, 3.8) is 0 Å². The molecular weight excluding hydrogens is 374 g/mol. The fraction of sp³-hybridized carbons (Fsp3) is 0.412. The molecule has 6 heteroatoms. The Labute approximate surface area is 150 Å². The molecule has 1 atom stereocenters. The summed E-state index contributed by atoms with van der Waals surface area (Å²) in [5.74, 6) is 0.0823. The Bertz CT molecular complexity index is 667. The molecule has 1 amide bonds. The number of hydrogen-bond acceptors (Lipinski definition) is 3. The Balaban J connectivity index is 2.03. The van der Waals surface area contributed by atoms with Gasteiger partial charge in [0, 0.05) is 21.0 Å². The molecule has 4 nitrogen and oxygen atoms in total. The van der Waals surface area contributed by atoms with Crippen LogP contribution in [0.3, 0.4) is 0 Å². The zero-order valence-corrected chi connectivity index (χ0v) is 16.3. The van der Waals surface area contributed by atoms with Crippen LogP contribution in [0.25, 0.3) is 11.3 Å². The maximum atomic E-state index is 11.8. The lowest BCUT2D eigenvalue weighted by molar-refractivity contribution is -0.885. The number of thiazole rings is 1. The number of benzene rings is 1. The van der Waals surface area contributed by atoms with Crippen molar-refractivity contribution in [1.29, 1.82) is 0 Å². The molecule has 1 aromatic carbocycles. The second-order valence-corrected chi connectivity index (χ2v) is 8.26. The molecule has 1 unspecified atom stereocenters. The van der Waals surface area contributed by atoms with Crippen LogP contribution in [-0.4, -0.2) is 30.5 Å². The molecule has 0 radical (unpaired) electrons. The minimum Gasteiger partial charge on any atom is -0.349 e. The SMILES string of the molecule is Cc1sc(C[NH+](C)CC(=O)NC(C)C)nc1-c1ccc(Br)cc1. The quantitative estimate of drug-likeness (QED) is 0.787. The van der Waals surface area contributed by atoms with Crippen LogP contribution in [0.2, 0.25) is 0 Å². The minimum atomic E-state index is 0.0823. The predicted octanol–water partition coefficient (Wildman–Crippen LogP) is 2.42. The molecule has 0 aliphatic rings. The van der Waals surface area contributed by atoms with E-state index in [1.54, 1.807) is 11.3 Å². The van der Waals surface area contributed by atoms with Gasteiger partial charge in [-0.1, -0.05) is 28.1 Å². The van der Waals surface area contributed by atoms with Gasteiger partial charge in [-0.3, -0.25) is 4.79 Å². The first-order chi connectivity index (χ1) is 10.8. The lowest BCUT2D eigenvalue weighted by atomic mass is 10.1. The highest BCUT2D eigenvalue weighted by Crippen LogP contribution is 2.28. The maximum absolute atomic E-state index is 11.8. The van der Waals surface area contributed by atoms with Crippen molar-refractivity contribution in [2.24, 2.45) is 0 Å². The summed E-state index contributed by atoms with van der Waals surface area (Å²) in [6.45, 7) is 7.27. The van der Waals surface area contributed by atoms with Crippen LogP contribution in [-0.2, 0) is 11.3 Å². The summed E-state index contributed by atoms with van der Waals surface area (Å²) in [6.07, 6.45) is 0. The number of quaternary nitrogens is 1. The summed E-state index contributed by atoms with van der Waals surface area (Å²) in [5.41, 5.74) is 2.17. The van der Waals surface area contributed by atoms with Gasteiger partial charge in [-0.2, -0.15) is 0 Å². The highest BCUT2D eigenvalue weighted by molar-refractivity contribution is 9.10. The van der Waals surface area contributed by atoms with Gasteiger partial charge in [0.1, 0.15) is 11.6 Å². The first-order valence-corrected chi connectivity index (χ1v) is 9.29. The number of rotatable bonds is 6. The minimum absolute atomic E-state index is 0.0823. The fourth-order valence-electron chi connectivity index (χ4n) is 2.37. The molecule has 2 aromatic rings. The Hall–Kier alpha value is -1.24. The summed E-state index contributed by atoms with van der Waals surface area (Å²) in [4.78, 5) is 18.9. The highest BCUT2D eigenvalue weighted by Gasteiger charge is 2.16. The molecule has 2 N–H and O–H groups in total. The Morgan fingerprint density at radius 1 is 1.35 bits per heavy atom. The van der Waals surface area contributed by atoms with E-state index in [0.717, 1.165) is 32.2 Å². The van der Waals surface area contributed by atoms with E-state index in [9.17, 15) is 4.79 Å². The van der Waals surface area contributed by atoms with Crippen molar-refractivity contribution >= 4 is 33.2 Å². The summed E-state index contributed by atoms with van der Waals surface area (Å²) < 4.78 is 1.06. The average Bonchev–Trinajstić information content (AvgIpc) is 2.79. The van der Waals surface area contributed by atoms with E-state index in [2.05, 4.69) is 40.3 Å². The summed E-state index contributed by atoms with van der Waals surface area (Å²) in [6, 6.07) is 8.38. The number of halogens is 1. The van der Waals surface area contributed by atoms with Crippen molar-refractivity contribution in [3.8, 4) is 11.3 Å². The average molecular weight is 397 g/mol. The van der Waals surface area contributed by atoms with Gasteiger partial charge in [0.25, 0.3) is 5.91 Å². The molecule has 0 bridgehead atoms. The van der Waals surface area contributed by atoms with Crippen LogP contribution in [0.5, 0.6) is 0 Å². The lowest BCUT2D eigenvalue weighted by Crippen LogP contribution is -3.09. The number of amides is 1. The van der Waals surface area contributed by atoms with Gasteiger partial charge in [-0.15, -0.1) is 11.3 Å². The zero-order valence-electron chi connectivity index (χ0n) is 13.9.